The molecule has 0 aliphatic rings. The number of nitrogens with zero attached hydrogens (tertiary/aromatic N) is 1. The molecule has 1 nitrogen and oxygen atoms in total. The second kappa shape index (κ2) is 4.37. The topological polar surface area (TPSA) is 12.9 Å². The van der Waals surface area contributed by atoms with E-state index in [2.05, 4.69) is 36.9 Å². The van der Waals surface area contributed by atoms with E-state index in [0.717, 1.165) is 17.5 Å². The van der Waals surface area contributed by atoms with E-state index in [-0.39, 0.29) is 0 Å². The van der Waals surface area contributed by atoms with E-state index in [0.29, 0.717) is 5.92 Å². The molecule has 0 aliphatic carbocycles. The molecule has 0 fully saturated rings. The minimum Gasteiger partial charge on any atom is -0.256 e. The number of hydrogen-bond acceptors (Lipinski definition) is 1. The number of aromatic nitrogens is 1. The Balaban J connectivity index is 2.60. The van der Waals surface area contributed by atoms with Crippen molar-refractivity contribution in [3.8, 4) is 12.3 Å². The number of rotatable bonds is 2. The predicted molar refractivity (Wildman–Crippen MR) is 68.2 cm³/mol. The first-order valence-electron chi connectivity index (χ1n) is 5.55. The standard InChI is InChI=1S/C15H15N/c1-4-12-5-6-15-14(10-12)13(7-8-16-15)9-11(2)3/h1,5-8,10-11H,9H2,2-3H3. The van der Waals surface area contributed by atoms with Crippen molar-refractivity contribution < 1.29 is 0 Å². The molecule has 1 heterocycles. The van der Waals surface area contributed by atoms with Crippen LogP contribution in [0.25, 0.3) is 10.9 Å². The molecule has 0 atom stereocenters. The summed E-state index contributed by atoms with van der Waals surface area (Å²) in [6, 6.07) is 8.07. The van der Waals surface area contributed by atoms with Gasteiger partial charge in [-0.25, -0.2) is 0 Å². The Bertz CT molecular complexity index is 547. The minimum atomic E-state index is 0.639. The van der Waals surface area contributed by atoms with Crippen LogP contribution in [0.15, 0.2) is 30.5 Å². The average molecular weight is 209 g/mol. The summed E-state index contributed by atoms with van der Waals surface area (Å²) in [6.45, 7) is 4.44. The Kier molecular flexibility index (Phi) is 2.92. The molecule has 0 saturated carbocycles. The van der Waals surface area contributed by atoms with Gasteiger partial charge in [0, 0.05) is 17.1 Å². The maximum Gasteiger partial charge on any atom is 0.0705 e. The van der Waals surface area contributed by atoms with E-state index in [1.54, 1.807) is 0 Å². The van der Waals surface area contributed by atoms with Crippen molar-refractivity contribution in [2.75, 3.05) is 0 Å². The van der Waals surface area contributed by atoms with Gasteiger partial charge in [-0.15, -0.1) is 6.42 Å². The van der Waals surface area contributed by atoms with Crippen LogP contribution in [-0.2, 0) is 6.42 Å². The Morgan fingerprint density at radius 2 is 2.12 bits per heavy atom. The Morgan fingerprint density at radius 3 is 2.81 bits per heavy atom. The van der Waals surface area contributed by atoms with Gasteiger partial charge in [-0.05, 0) is 42.2 Å². The van der Waals surface area contributed by atoms with Gasteiger partial charge >= 0.3 is 0 Å². The predicted octanol–water partition coefficient (Wildman–Crippen LogP) is 3.41. The van der Waals surface area contributed by atoms with Crippen LogP contribution >= 0.6 is 0 Å². The van der Waals surface area contributed by atoms with Crippen LogP contribution in [0.4, 0.5) is 0 Å². The molecule has 16 heavy (non-hydrogen) atoms. The van der Waals surface area contributed by atoms with Crippen LogP contribution in [-0.4, -0.2) is 4.98 Å². The molecule has 1 aromatic carbocycles. The summed E-state index contributed by atoms with van der Waals surface area (Å²) >= 11 is 0. The van der Waals surface area contributed by atoms with Crippen LogP contribution in [0, 0.1) is 18.3 Å². The fourth-order valence-corrected chi connectivity index (χ4v) is 1.91. The summed E-state index contributed by atoms with van der Waals surface area (Å²) in [4.78, 5) is 4.36. The molecule has 2 aromatic rings. The third-order valence-corrected chi connectivity index (χ3v) is 2.63. The molecule has 0 radical (unpaired) electrons. The Hall–Kier alpha value is -1.81. The molecule has 0 saturated heterocycles. The molecule has 0 bridgehead atoms. The number of terminal acetylenes is 1. The van der Waals surface area contributed by atoms with Gasteiger partial charge in [-0.2, -0.15) is 0 Å². The van der Waals surface area contributed by atoms with Crippen molar-refractivity contribution in [3.63, 3.8) is 0 Å². The van der Waals surface area contributed by atoms with Gasteiger partial charge in [0.05, 0.1) is 5.52 Å². The number of fused-ring (bicyclic) bond motifs is 1. The zero-order valence-electron chi connectivity index (χ0n) is 9.70. The molecule has 0 unspecified atom stereocenters. The first-order chi connectivity index (χ1) is 7.70. The molecule has 1 heteroatoms. The van der Waals surface area contributed by atoms with E-state index in [9.17, 15) is 0 Å². The van der Waals surface area contributed by atoms with Gasteiger partial charge in [0.1, 0.15) is 0 Å². The summed E-state index contributed by atoms with van der Waals surface area (Å²) in [6.07, 6.45) is 8.35. The lowest BCUT2D eigenvalue weighted by atomic mass is 9.98. The van der Waals surface area contributed by atoms with Crippen LogP contribution in [0.5, 0.6) is 0 Å². The van der Waals surface area contributed by atoms with E-state index in [1.165, 1.54) is 10.9 Å². The van der Waals surface area contributed by atoms with Crippen LogP contribution in [0.1, 0.15) is 25.0 Å². The van der Waals surface area contributed by atoms with E-state index in [1.807, 2.05) is 18.3 Å². The molecule has 80 valence electrons. The summed E-state index contributed by atoms with van der Waals surface area (Å²) < 4.78 is 0. The maximum atomic E-state index is 5.42. The van der Waals surface area contributed by atoms with E-state index in [4.69, 9.17) is 6.42 Å². The monoisotopic (exact) mass is 209 g/mol. The average Bonchev–Trinajstić information content (AvgIpc) is 2.28. The second-order valence-electron chi connectivity index (χ2n) is 4.44. The zero-order chi connectivity index (χ0) is 11.5. The molecule has 1 aromatic heterocycles. The summed E-state index contributed by atoms with van der Waals surface area (Å²) in [5.41, 5.74) is 3.28. The van der Waals surface area contributed by atoms with Gasteiger partial charge in [0.2, 0.25) is 0 Å². The number of benzene rings is 1. The maximum absolute atomic E-state index is 5.42. The van der Waals surface area contributed by atoms with Gasteiger partial charge in [-0.3, -0.25) is 4.98 Å². The first kappa shape index (κ1) is 10.7. The molecular weight excluding hydrogens is 194 g/mol. The molecule has 0 spiro atoms. The van der Waals surface area contributed by atoms with Crippen LogP contribution in [0.2, 0.25) is 0 Å². The zero-order valence-corrected chi connectivity index (χ0v) is 9.70. The Morgan fingerprint density at radius 1 is 1.31 bits per heavy atom. The lowest BCUT2D eigenvalue weighted by Gasteiger charge is -2.08. The third-order valence-electron chi connectivity index (χ3n) is 2.63. The lowest BCUT2D eigenvalue weighted by Crippen LogP contribution is -1.96. The van der Waals surface area contributed by atoms with Gasteiger partial charge < -0.3 is 0 Å². The first-order valence-corrected chi connectivity index (χ1v) is 5.55. The van der Waals surface area contributed by atoms with Gasteiger partial charge in [0.25, 0.3) is 0 Å². The normalized spacial score (nSPS) is 10.6. The quantitative estimate of drug-likeness (QED) is 0.691. The molecule has 0 amide bonds. The molecule has 0 aliphatic heterocycles. The molecule has 2 rings (SSSR count). The second-order valence-corrected chi connectivity index (χ2v) is 4.44. The number of hydrogen-bond donors (Lipinski definition) is 0. The summed E-state index contributed by atoms with van der Waals surface area (Å²) in [7, 11) is 0. The van der Waals surface area contributed by atoms with Gasteiger partial charge in [-0.1, -0.05) is 19.8 Å². The van der Waals surface area contributed by atoms with Gasteiger partial charge in [0.15, 0.2) is 0 Å². The van der Waals surface area contributed by atoms with Crippen molar-refractivity contribution in [1.29, 1.82) is 0 Å². The number of pyridine rings is 1. The SMILES string of the molecule is C#Cc1ccc2nccc(CC(C)C)c2c1. The lowest BCUT2D eigenvalue weighted by molar-refractivity contribution is 0.650. The Labute approximate surface area is 96.5 Å². The largest absolute Gasteiger partial charge is 0.256 e. The molecular formula is C15H15N. The minimum absolute atomic E-state index is 0.639. The third kappa shape index (κ3) is 2.06. The highest BCUT2D eigenvalue weighted by Crippen LogP contribution is 2.20. The highest BCUT2D eigenvalue weighted by atomic mass is 14.6. The highest BCUT2D eigenvalue weighted by molar-refractivity contribution is 5.83. The fourth-order valence-electron chi connectivity index (χ4n) is 1.91. The smallest absolute Gasteiger partial charge is 0.0705 e. The van der Waals surface area contributed by atoms with Crippen molar-refractivity contribution >= 4 is 10.9 Å². The van der Waals surface area contributed by atoms with Crippen molar-refractivity contribution in [1.82, 2.24) is 4.98 Å². The van der Waals surface area contributed by atoms with E-state index < -0.39 is 0 Å². The van der Waals surface area contributed by atoms with Crippen molar-refractivity contribution in [2.45, 2.75) is 20.3 Å². The van der Waals surface area contributed by atoms with Crippen molar-refractivity contribution in [3.05, 3.63) is 41.6 Å². The van der Waals surface area contributed by atoms with Crippen LogP contribution in [0.3, 0.4) is 0 Å². The summed E-state index contributed by atoms with van der Waals surface area (Å²) in [5.74, 6) is 3.31. The van der Waals surface area contributed by atoms with Crippen molar-refractivity contribution in [2.24, 2.45) is 5.92 Å². The summed E-state index contributed by atoms with van der Waals surface area (Å²) in [5, 5.41) is 1.19. The van der Waals surface area contributed by atoms with E-state index >= 15 is 0 Å². The van der Waals surface area contributed by atoms with Crippen LogP contribution < -0.4 is 0 Å². The molecule has 0 N–H and O–H groups in total. The fraction of sp³-hybridized carbons (Fsp3) is 0.267. The highest BCUT2D eigenvalue weighted by Gasteiger charge is 2.04.